The van der Waals surface area contributed by atoms with Gasteiger partial charge < -0.3 is 5.32 Å². The molecule has 17 heavy (non-hydrogen) atoms. The van der Waals surface area contributed by atoms with E-state index in [4.69, 9.17) is 5.26 Å². The van der Waals surface area contributed by atoms with Gasteiger partial charge in [0.25, 0.3) is 11.6 Å². The third kappa shape index (κ3) is 3.01. The summed E-state index contributed by atoms with van der Waals surface area (Å²) in [5, 5.41) is 21.6. The molecule has 0 aliphatic carbocycles. The first kappa shape index (κ1) is 12.6. The molecule has 0 radical (unpaired) electrons. The molecule has 1 aromatic carbocycles. The van der Waals surface area contributed by atoms with E-state index < -0.39 is 16.9 Å². The number of rotatable bonds is 3. The molecule has 6 nitrogen and oxygen atoms in total. The van der Waals surface area contributed by atoms with Crippen molar-refractivity contribution < 1.29 is 9.72 Å². The second-order valence-corrected chi connectivity index (χ2v) is 3.58. The highest BCUT2D eigenvalue weighted by Gasteiger charge is 2.14. The van der Waals surface area contributed by atoms with Gasteiger partial charge in [-0.3, -0.25) is 14.9 Å². The topological polar surface area (TPSA) is 96.0 Å². The van der Waals surface area contributed by atoms with Crippen molar-refractivity contribution in [2.75, 3.05) is 0 Å². The number of nitrogens with zero attached hydrogens (tertiary/aromatic N) is 2. The van der Waals surface area contributed by atoms with E-state index in [0.717, 1.165) is 0 Å². The molecular formula is C11H11N3O3. The van der Waals surface area contributed by atoms with Crippen LogP contribution in [0.3, 0.4) is 0 Å². The van der Waals surface area contributed by atoms with Gasteiger partial charge in [0.05, 0.1) is 11.0 Å². The van der Waals surface area contributed by atoms with E-state index in [-0.39, 0.29) is 5.69 Å². The SMILES string of the molecule is Cc1cc(C(=O)NC(C)C#N)ccc1[N+](=O)[O-]. The van der Waals surface area contributed by atoms with Crippen LogP contribution in [0.1, 0.15) is 22.8 Å². The van der Waals surface area contributed by atoms with Gasteiger partial charge >= 0.3 is 0 Å². The first-order valence-electron chi connectivity index (χ1n) is 4.91. The quantitative estimate of drug-likeness (QED) is 0.632. The number of benzene rings is 1. The Labute approximate surface area is 98.0 Å². The largest absolute Gasteiger partial charge is 0.337 e. The van der Waals surface area contributed by atoms with E-state index >= 15 is 0 Å². The highest BCUT2D eigenvalue weighted by Crippen LogP contribution is 2.18. The number of carbonyl (C=O) groups excluding carboxylic acids is 1. The highest BCUT2D eigenvalue weighted by atomic mass is 16.6. The van der Waals surface area contributed by atoms with Crippen LogP contribution in [0.25, 0.3) is 0 Å². The summed E-state index contributed by atoms with van der Waals surface area (Å²) in [5.74, 6) is -0.419. The molecule has 0 saturated heterocycles. The van der Waals surface area contributed by atoms with Gasteiger partial charge in [-0.25, -0.2) is 0 Å². The van der Waals surface area contributed by atoms with Crippen molar-refractivity contribution in [3.63, 3.8) is 0 Å². The van der Waals surface area contributed by atoms with Crippen LogP contribution < -0.4 is 5.32 Å². The van der Waals surface area contributed by atoms with Gasteiger partial charge in [-0.15, -0.1) is 0 Å². The highest BCUT2D eigenvalue weighted by molar-refractivity contribution is 5.95. The smallest absolute Gasteiger partial charge is 0.272 e. The zero-order valence-corrected chi connectivity index (χ0v) is 9.43. The molecule has 1 rings (SSSR count). The zero-order chi connectivity index (χ0) is 13.0. The second kappa shape index (κ2) is 5.07. The van der Waals surface area contributed by atoms with E-state index in [1.54, 1.807) is 13.8 Å². The number of nitro benzene ring substituents is 1. The number of nitro groups is 1. The van der Waals surface area contributed by atoms with Crippen molar-refractivity contribution >= 4 is 11.6 Å². The van der Waals surface area contributed by atoms with Gasteiger partial charge in [0, 0.05) is 17.2 Å². The van der Waals surface area contributed by atoms with Crippen LogP contribution in [0.4, 0.5) is 5.69 Å². The Hall–Kier alpha value is -2.42. The van der Waals surface area contributed by atoms with Gasteiger partial charge in [-0.2, -0.15) is 5.26 Å². The van der Waals surface area contributed by atoms with Crippen LogP contribution in [0.15, 0.2) is 18.2 Å². The van der Waals surface area contributed by atoms with Crippen LogP contribution in [-0.4, -0.2) is 16.9 Å². The summed E-state index contributed by atoms with van der Waals surface area (Å²) in [6, 6.07) is 5.34. The molecule has 0 bridgehead atoms. The van der Waals surface area contributed by atoms with Crippen LogP contribution >= 0.6 is 0 Å². The fourth-order valence-electron chi connectivity index (χ4n) is 1.31. The predicted molar refractivity (Wildman–Crippen MR) is 60.4 cm³/mol. The number of aryl methyl sites for hydroxylation is 1. The Balaban J connectivity index is 2.95. The molecule has 1 atom stereocenters. The Morgan fingerprint density at radius 3 is 2.71 bits per heavy atom. The minimum absolute atomic E-state index is 0.0325. The van der Waals surface area contributed by atoms with Crippen molar-refractivity contribution in [1.29, 1.82) is 5.26 Å². The van der Waals surface area contributed by atoms with E-state index in [0.29, 0.717) is 11.1 Å². The van der Waals surface area contributed by atoms with Gasteiger partial charge in [0.1, 0.15) is 6.04 Å². The van der Waals surface area contributed by atoms with Gasteiger partial charge in [0.2, 0.25) is 0 Å². The van der Waals surface area contributed by atoms with Crippen molar-refractivity contribution in [2.24, 2.45) is 0 Å². The fraction of sp³-hybridized carbons (Fsp3) is 0.273. The second-order valence-electron chi connectivity index (χ2n) is 3.58. The third-order valence-electron chi connectivity index (χ3n) is 2.20. The Morgan fingerprint density at radius 2 is 2.24 bits per heavy atom. The minimum atomic E-state index is -0.599. The summed E-state index contributed by atoms with van der Waals surface area (Å²) in [6.45, 7) is 3.11. The molecule has 1 N–H and O–H groups in total. The van der Waals surface area contributed by atoms with E-state index in [2.05, 4.69) is 5.32 Å². The van der Waals surface area contributed by atoms with Crippen LogP contribution in [-0.2, 0) is 0 Å². The molecule has 1 aromatic rings. The number of amides is 1. The molecular weight excluding hydrogens is 222 g/mol. The molecule has 0 aromatic heterocycles. The number of nitriles is 1. The first-order chi connectivity index (χ1) is 7.95. The number of carbonyl (C=O) groups is 1. The molecule has 0 saturated carbocycles. The average Bonchev–Trinajstić information content (AvgIpc) is 2.28. The molecule has 0 aliphatic rings. The Bertz CT molecular complexity index is 505. The van der Waals surface area contributed by atoms with Gasteiger partial charge in [-0.05, 0) is 26.0 Å². The lowest BCUT2D eigenvalue weighted by Crippen LogP contribution is -2.31. The van der Waals surface area contributed by atoms with Crippen molar-refractivity contribution in [3.05, 3.63) is 39.4 Å². The molecule has 1 unspecified atom stereocenters. The van der Waals surface area contributed by atoms with Crippen molar-refractivity contribution in [1.82, 2.24) is 5.32 Å². The maximum absolute atomic E-state index is 11.6. The molecule has 0 heterocycles. The van der Waals surface area contributed by atoms with Crippen LogP contribution in [0.2, 0.25) is 0 Å². The summed E-state index contributed by atoms with van der Waals surface area (Å²) in [6.07, 6.45) is 0. The fourth-order valence-corrected chi connectivity index (χ4v) is 1.31. The molecule has 6 heteroatoms. The van der Waals surface area contributed by atoms with E-state index in [1.165, 1.54) is 18.2 Å². The van der Waals surface area contributed by atoms with Crippen molar-refractivity contribution in [3.8, 4) is 6.07 Å². The average molecular weight is 233 g/mol. The predicted octanol–water partition coefficient (Wildman–Crippen LogP) is 1.55. The van der Waals surface area contributed by atoms with Crippen LogP contribution in [0, 0.1) is 28.4 Å². The molecule has 88 valence electrons. The minimum Gasteiger partial charge on any atom is -0.337 e. The summed E-state index contributed by atoms with van der Waals surface area (Å²) in [7, 11) is 0. The number of hydrogen-bond donors (Lipinski definition) is 1. The van der Waals surface area contributed by atoms with E-state index in [9.17, 15) is 14.9 Å². The zero-order valence-electron chi connectivity index (χ0n) is 9.43. The summed E-state index contributed by atoms with van der Waals surface area (Å²) in [5.41, 5.74) is 0.678. The lowest BCUT2D eigenvalue weighted by Gasteiger charge is -2.06. The van der Waals surface area contributed by atoms with Crippen molar-refractivity contribution in [2.45, 2.75) is 19.9 Å². The third-order valence-corrected chi connectivity index (χ3v) is 2.20. The normalized spacial score (nSPS) is 11.4. The number of hydrogen-bond acceptors (Lipinski definition) is 4. The van der Waals surface area contributed by atoms with Gasteiger partial charge in [0.15, 0.2) is 0 Å². The molecule has 0 spiro atoms. The maximum Gasteiger partial charge on any atom is 0.272 e. The first-order valence-corrected chi connectivity index (χ1v) is 4.91. The summed E-state index contributed by atoms with van der Waals surface area (Å²) >= 11 is 0. The van der Waals surface area contributed by atoms with E-state index in [1.807, 2.05) is 6.07 Å². The standard InChI is InChI=1S/C11H11N3O3/c1-7-5-9(3-4-10(7)14(16)17)11(15)13-8(2)6-12/h3-5,8H,1-2H3,(H,13,15). The van der Waals surface area contributed by atoms with Gasteiger partial charge in [-0.1, -0.05) is 0 Å². The molecule has 1 amide bonds. The monoisotopic (exact) mass is 233 g/mol. The summed E-state index contributed by atoms with van der Waals surface area (Å²) in [4.78, 5) is 21.7. The Morgan fingerprint density at radius 1 is 1.59 bits per heavy atom. The number of nitrogens with one attached hydrogen (secondary N) is 1. The molecule has 0 aliphatic heterocycles. The molecule has 0 fully saturated rings. The maximum atomic E-state index is 11.6. The summed E-state index contributed by atoms with van der Waals surface area (Å²) < 4.78 is 0. The lowest BCUT2D eigenvalue weighted by molar-refractivity contribution is -0.385. The van der Waals surface area contributed by atoms with Crippen LogP contribution in [0.5, 0.6) is 0 Å². The Kier molecular flexibility index (Phi) is 3.78. The lowest BCUT2D eigenvalue weighted by atomic mass is 10.1.